The molecule has 13 heteroatoms. The van der Waals surface area contributed by atoms with Crippen molar-refractivity contribution < 1.29 is 32.6 Å². The molecule has 1 aromatic carbocycles. The van der Waals surface area contributed by atoms with Crippen molar-refractivity contribution in [1.82, 2.24) is 25.2 Å². The number of aryl methyl sites for hydroxylation is 1. The molecule has 2 amide bonds. The number of amides is 2. The van der Waals surface area contributed by atoms with Crippen LogP contribution in [0.5, 0.6) is 5.75 Å². The van der Waals surface area contributed by atoms with Crippen molar-refractivity contribution in [2.24, 2.45) is 0 Å². The second-order valence-corrected chi connectivity index (χ2v) is 9.55. The van der Waals surface area contributed by atoms with Crippen LogP contribution < -0.4 is 10.1 Å². The highest BCUT2D eigenvalue weighted by molar-refractivity contribution is 7.14. The molecule has 1 saturated heterocycles. The molecule has 3 aromatic rings. The highest BCUT2D eigenvalue weighted by Gasteiger charge is 2.34. The number of halogens is 3. The first-order valence-electron chi connectivity index (χ1n) is 10.9. The molecule has 1 aliphatic heterocycles. The van der Waals surface area contributed by atoms with Crippen LogP contribution >= 0.6 is 11.3 Å². The van der Waals surface area contributed by atoms with Crippen molar-refractivity contribution in [1.29, 1.82) is 0 Å². The van der Waals surface area contributed by atoms with Gasteiger partial charge in [0, 0.05) is 53.1 Å². The van der Waals surface area contributed by atoms with Gasteiger partial charge in [-0.25, -0.2) is 19.7 Å². The molecule has 0 bridgehead atoms. The van der Waals surface area contributed by atoms with Crippen LogP contribution in [-0.2, 0) is 6.18 Å². The summed E-state index contributed by atoms with van der Waals surface area (Å²) >= 11 is 1.44. The number of nitrogens with zero attached hydrogens (tertiary/aromatic N) is 4. The van der Waals surface area contributed by atoms with Gasteiger partial charge in [0.2, 0.25) is 5.82 Å². The van der Waals surface area contributed by atoms with E-state index < -0.39 is 30.0 Å². The molecule has 2 aromatic heterocycles. The van der Waals surface area contributed by atoms with Crippen LogP contribution in [0.3, 0.4) is 0 Å². The summed E-state index contributed by atoms with van der Waals surface area (Å²) in [6.45, 7) is 4.07. The molecule has 9 nitrogen and oxygen atoms in total. The zero-order valence-electron chi connectivity index (χ0n) is 19.2. The molecular weight excluding hydrogens is 499 g/mol. The Bertz CT molecular complexity index is 1270. The first kappa shape index (κ1) is 25.4. The van der Waals surface area contributed by atoms with Gasteiger partial charge in [0.25, 0.3) is 5.91 Å². The summed E-state index contributed by atoms with van der Waals surface area (Å²) in [5.74, 6) is -1.36. The monoisotopic (exact) mass is 521 g/mol. The summed E-state index contributed by atoms with van der Waals surface area (Å²) in [4.78, 5) is 37.6. The average Bonchev–Trinajstić information content (AvgIpc) is 3.47. The molecule has 1 fully saturated rings. The number of carbonyl (C=O) groups excluding carboxylic acids is 1. The lowest BCUT2D eigenvalue weighted by molar-refractivity contribution is -0.145. The summed E-state index contributed by atoms with van der Waals surface area (Å²) in [7, 11) is 0. The predicted molar refractivity (Wildman–Crippen MR) is 124 cm³/mol. The number of alkyl halides is 3. The molecule has 2 atom stereocenters. The van der Waals surface area contributed by atoms with E-state index in [1.807, 2.05) is 6.92 Å². The van der Waals surface area contributed by atoms with Crippen LogP contribution in [0.1, 0.15) is 46.0 Å². The standard InChI is InChI=1S/C23H22F3N5O4S/c1-12-8-27-20(36-12)15-5-14(6-18(7-15)35-17-3-4-31(11-17)22(33)34)19(32)30-13(2)16-9-28-21(29-10-16)23(24,25)26/h5-10,13,17H,3-4,11H2,1-2H3,(H,30,32)(H,33,34). The minimum absolute atomic E-state index is 0.211. The minimum Gasteiger partial charge on any atom is -0.488 e. The Balaban J connectivity index is 1.55. The zero-order valence-corrected chi connectivity index (χ0v) is 20.1. The van der Waals surface area contributed by atoms with Gasteiger partial charge in [-0.15, -0.1) is 11.3 Å². The molecule has 0 radical (unpaired) electrons. The van der Waals surface area contributed by atoms with Gasteiger partial charge in [0.05, 0.1) is 12.6 Å². The number of carboxylic acid groups (broad SMARTS) is 1. The number of benzene rings is 1. The largest absolute Gasteiger partial charge is 0.488 e. The molecule has 0 spiro atoms. The zero-order chi connectivity index (χ0) is 26.0. The average molecular weight is 522 g/mol. The number of hydrogen-bond acceptors (Lipinski definition) is 7. The van der Waals surface area contributed by atoms with Crippen molar-refractivity contribution >= 4 is 23.3 Å². The van der Waals surface area contributed by atoms with Gasteiger partial charge in [-0.05, 0) is 32.0 Å². The third-order valence-corrected chi connectivity index (χ3v) is 6.49. The maximum atomic E-state index is 13.1. The molecule has 3 heterocycles. The highest BCUT2D eigenvalue weighted by atomic mass is 32.1. The topological polar surface area (TPSA) is 118 Å². The predicted octanol–water partition coefficient (Wildman–Crippen LogP) is 4.55. The van der Waals surface area contributed by atoms with Crippen LogP contribution in [0.2, 0.25) is 0 Å². The quantitative estimate of drug-likeness (QED) is 0.489. The molecule has 2 N–H and O–H groups in total. The molecule has 2 unspecified atom stereocenters. The first-order chi connectivity index (χ1) is 17.0. The fourth-order valence-electron chi connectivity index (χ4n) is 3.67. The molecule has 4 rings (SSSR count). The van der Waals surface area contributed by atoms with Crippen LogP contribution in [0.15, 0.2) is 36.8 Å². The van der Waals surface area contributed by atoms with E-state index in [0.29, 0.717) is 34.8 Å². The number of nitrogens with one attached hydrogen (secondary N) is 1. The number of thiazole rings is 1. The number of ether oxygens (including phenoxy) is 1. The summed E-state index contributed by atoms with van der Waals surface area (Å²) in [5.41, 5.74) is 1.21. The van der Waals surface area contributed by atoms with Crippen LogP contribution in [0, 0.1) is 6.92 Å². The van der Waals surface area contributed by atoms with Crippen molar-refractivity contribution in [3.8, 4) is 16.3 Å². The second-order valence-electron chi connectivity index (χ2n) is 8.31. The lowest BCUT2D eigenvalue weighted by Gasteiger charge is -2.17. The molecule has 36 heavy (non-hydrogen) atoms. The van der Waals surface area contributed by atoms with E-state index in [4.69, 9.17) is 4.74 Å². The van der Waals surface area contributed by atoms with E-state index in [-0.39, 0.29) is 18.2 Å². The van der Waals surface area contributed by atoms with E-state index in [0.717, 1.165) is 17.3 Å². The third-order valence-electron chi connectivity index (χ3n) is 5.53. The maximum Gasteiger partial charge on any atom is 0.451 e. The van der Waals surface area contributed by atoms with E-state index in [1.54, 1.807) is 31.3 Å². The molecule has 0 aliphatic carbocycles. The van der Waals surface area contributed by atoms with Gasteiger partial charge in [-0.2, -0.15) is 13.2 Å². The summed E-state index contributed by atoms with van der Waals surface area (Å²) in [5, 5.41) is 12.6. The van der Waals surface area contributed by atoms with Gasteiger partial charge in [-0.3, -0.25) is 4.79 Å². The summed E-state index contributed by atoms with van der Waals surface area (Å²) in [6.07, 6.45) is -1.77. The van der Waals surface area contributed by atoms with E-state index in [9.17, 15) is 27.9 Å². The Hall–Kier alpha value is -3.74. The minimum atomic E-state index is -4.66. The fourth-order valence-corrected chi connectivity index (χ4v) is 4.42. The Labute approximate surface area is 208 Å². The summed E-state index contributed by atoms with van der Waals surface area (Å²) in [6, 6.07) is 4.26. The Morgan fingerprint density at radius 3 is 2.50 bits per heavy atom. The SMILES string of the molecule is Cc1cnc(-c2cc(OC3CCN(C(=O)O)C3)cc(C(=O)NC(C)c3cnc(C(F)(F)F)nc3)c2)s1. The smallest absolute Gasteiger partial charge is 0.451 e. The Kier molecular flexibility index (Phi) is 7.11. The fraction of sp³-hybridized carbons (Fsp3) is 0.348. The normalized spacial score (nSPS) is 16.6. The number of likely N-dealkylation sites (tertiary alicyclic amines) is 1. The Morgan fingerprint density at radius 1 is 1.19 bits per heavy atom. The van der Waals surface area contributed by atoms with Crippen molar-refractivity contribution in [3.05, 3.63) is 58.6 Å². The third kappa shape index (κ3) is 5.90. The molecular formula is C23H22F3N5O4S. The van der Waals surface area contributed by atoms with E-state index >= 15 is 0 Å². The van der Waals surface area contributed by atoms with Crippen LogP contribution in [-0.4, -0.2) is 56.2 Å². The maximum absolute atomic E-state index is 13.1. The first-order valence-corrected chi connectivity index (χ1v) is 11.7. The molecule has 1 aliphatic rings. The highest BCUT2D eigenvalue weighted by Crippen LogP contribution is 2.31. The number of rotatable bonds is 6. The van der Waals surface area contributed by atoms with Gasteiger partial charge in [-0.1, -0.05) is 0 Å². The van der Waals surface area contributed by atoms with Gasteiger partial charge >= 0.3 is 12.3 Å². The molecule has 190 valence electrons. The Morgan fingerprint density at radius 2 is 1.92 bits per heavy atom. The van der Waals surface area contributed by atoms with E-state index in [1.165, 1.54) is 16.2 Å². The number of carbonyl (C=O) groups is 2. The van der Waals surface area contributed by atoms with Crippen LogP contribution in [0.25, 0.3) is 10.6 Å². The van der Waals surface area contributed by atoms with Crippen molar-refractivity contribution in [2.45, 2.75) is 38.6 Å². The van der Waals surface area contributed by atoms with Crippen LogP contribution in [0.4, 0.5) is 18.0 Å². The van der Waals surface area contributed by atoms with Gasteiger partial charge in [0.1, 0.15) is 16.9 Å². The van der Waals surface area contributed by atoms with E-state index in [2.05, 4.69) is 20.3 Å². The number of hydrogen-bond donors (Lipinski definition) is 2. The molecule has 0 saturated carbocycles. The van der Waals surface area contributed by atoms with Crippen molar-refractivity contribution in [2.75, 3.05) is 13.1 Å². The lowest BCUT2D eigenvalue weighted by Crippen LogP contribution is -2.29. The van der Waals surface area contributed by atoms with Crippen molar-refractivity contribution in [3.63, 3.8) is 0 Å². The lowest BCUT2D eigenvalue weighted by atomic mass is 10.1. The van der Waals surface area contributed by atoms with Gasteiger partial charge < -0.3 is 20.1 Å². The van der Waals surface area contributed by atoms with Gasteiger partial charge in [0.15, 0.2) is 0 Å². The number of aromatic nitrogens is 3. The summed E-state index contributed by atoms with van der Waals surface area (Å²) < 4.78 is 44.2. The second kappa shape index (κ2) is 10.1.